The van der Waals surface area contributed by atoms with Gasteiger partial charge in [-0.3, -0.25) is 0 Å². The van der Waals surface area contributed by atoms with Crippen LogP contribution in [0.2, 0.25) is 0 Å². The molecule has 1 atom stereocenters. The summed E-state index contributed by atoms with van der Waals surface area (Å²) in [5, 5.41) is 0. The van der Waals surface area contributed by atoms with E-state index in [2.05, 4.69) is 32.6 Å². The number of ether oxygens (including phenoxy) is 1. The lowest BCUT2D eigenvalue weighted by molar-refractivity contribution is -0.0245. The molecule has 0 N–H and O–H groups in total. The summed E-state index contributed by atoms with van der Waals surface area (Å²) >= 11 is 0. The molecule has 1 aliphatic heterocycles. The molecule has 0 aliphatic carbocycles. The van der Waals surface area contributed by atoms with E-state index in [-0.39, 0.29) is 5.60 Å². The Morgan fingerprint density at radius 3 is 2.57 bits per heavy atom. The van der Waals surface area contributed by atoms with Crippen LogP contribution in [0.3, 0.4) is 0 Å². The number of hydrogen-bond acceptors (Lipinski definition) is 2. The highest BCUT2D eigenvalue weighted by Crippen LogP contribution is 2.29. The molecule has 14 heavy (non-hydrogen) atoms. The lowest BCUT2D eigenvalue weighted by atomic mass is 9.90. The van der Waals surface area contributed by atoms with Gasteiger partial charge in [0, 0.05) is 26.1 Å². The maximum absolute atomic E-state index is 5.55. The van der Waals surface area contributed by atoms with Crippen molar-refractivity contribution in [2.75, 3.05) is 26.7 Å². The predicted molar refractivity (Wildman–Crippen MR) is 60.5 cm³/mol. The van der Waals surface area contributed by atoms with E-state index < -0.39 is 0 Å². The molecule has 0 aromatic carbocycles. The van der Waals surface area contributed by atoms with Crippen LogP contribution in [0.5, 0.6) is 0 Å². The van der Waals surface area contributed by atoms with E-state index in [9.17, 15) is 0 Å². The van der Waals surface area contributed by atoms with Crippen molar-refractivity contribution in [2.45, 2.75) is 39.7 Å². The number of hydrogen-bond donors (Lipinski definition) is 0. The van der Waals surface area contributed by atoms with Gasteiger partial charge in [0.25, 0.3) is 0 Å². The average molecular weight is 199 g/mol. The molecular formula is C12H25NO. The monoisotopic (exact) mass is 199 g/mol. The van der Waals surface area contributed by atoms with Crippen molar-refractivity contribution in [3.05, 3.63) is 0 Å². The number of nitrogens with zero attached hydrogens (tertiary/aromatic N) is 1. The lowest BCUT2D eigenvalue weighted by Gasteiger charge is -2.30. The molecule has 0 amide bonds. The molecule has 0 aromatic heterocycles. The summed E-state index contributed by atoms with van der Waals surface area (Å²) < 4.78 is 5.55. The van der Waals surface area contributed by atoms with Crippen molar-refractivity contribution in [3.63, 3.8) is 0 Å². The molecule has 0 aromatic rings. The van der Waals surface area contributed by atoms with Crippen molar-refractivity contribution in [3.8, 4) is 0 Å². The zero-order valence-corrected chi connectivity index (χ0v) is 10.3. The van der Waals surface area contributed by atoms with Crippen LogP contribution >= 0.6 is 0 Å². The quantitative estimate of drug-likeness (QED) is 0.689. The van der Waals surface area contributed by atoms with Crippen LogP contribution in [0.25, 0.3) is 0 Å². The Balaban J connectivity index is 2.41. The van der Waals surface area contributed by atoms with Gasteiger partial charge >= 0.3 is 0 Å². The topological polar surface area (TPSA) is 12.5 Å². The van der Waals surface area contributed by atoms with Crippen LogP contribution in [-0.2, 0) is 4.74 Å². The summed E-state index contributed by atoms with van der Waals surface area (Å²) in [5.74, 6) is 1.48. The summed E-state index contributed by atoms with van der Waals surface area (Å²) in [6.45, 7) is 12.7. The highest BCUT2D eigenvalue weighted by atomic mass is 16.5. The molecular weight excluding hydrogens is 174 g/mol. The average Bonchev–Trinajstić information content (AvgIpc) is 2.52. The first kappa shape index (κ1) is 12.0. The third kappa shape index (κ3) is 2.96. The van der Waals surface area contributed by atoms with Gasteiger partial charge in [0.05, 0.1) is 5.60 Å². The van der Waals surface area contributed by atoms with Crippen LogP contribution < -0.4 is 0 Å². The highest BCUT2D eigenvalue weighted by Gasteiger charge is 2.34. The standard InChI is InChI=1S/C12H25NO/c1-10(2)8-13-7-6-11(9-13)12(3,4)14-5/h10-11H,6-9H2,1-5H3. The second kappa shape index (κ2) is 4.63. The minimum Gasteiger partial charge on any atom is -0.378 e. The van der Waals surface area contributed by atoms with E-state index in [0.29, 0.717) is 5.92 Å². The number of methoxy groups -OCH3 is 1. The molecule has 1 rings (SSSR count). The summed E-state index contributed by atoms with van der Waals surface area (Å²) in [7, 11) is 1.82. The molecule has 1 heterocycles. The minimum atomic E-state index is 0.0474. The largest absolute Gasteiger partial charge is 0.378 e. The molecule has 1 unspecified atom stereocenters. The van der Waals surface area contributed by atoms with E-state index in [0.717, 1.165) is 5.92 Å². The molecule has 1 aliphatic rings. The number of likely N-dealkylation sites (tertiary alicyclic amines) is 1. The summed E-state index contributed by atoms with van der Waals surface area (Å²) in [4.78, 5) is 2.57. The first-order chi connectivity index (χ1) is 6.45. The van der Waals surface area contributed by atoms with Crippen LogP contribution in [-0.4, -0.2) is 37.2 Å². The fraction of sp³-hybridized carbons (Fsp3) is 1.00. The molecule has 0 radical (unpaired) electrons. The van der Waals surface area contributed by atoms with Gasteiger partial charge in [0.15, 0.2) is 0 Å². The zero-order valence-electron chi connectivity index (χ0n) is 10.3. The maximum Gasteiger partial charge on any atom is 0.0663 e. The molecule has 0 bridgehead atoms. The van der Waals surface area contributed by atoms with Gasteiger partial charge in [-0.25, -0.2) is 0 Å². The highest BCUT2D eigenvalue weighted by molar-refractivity contribution is 4.87. The molecule has 0 spiro atoms. The molecule has 2 nitrogen and oxygen atoms in total. The number of rotatable bonds is 4. The van der Waals surface area contributed by atoms with Crippen LogP contribution in [0.15, 0.2) is 0 Å². The summed E-state index contributed by atoms with van der Waals surface area (Å²) in [6, 6.07) is 0. The first-order valence-electron chi connectivity index (χ1n) is 5.73. The Hall–Kier alpha value is -0.0800. The second-order valence-corrected chi connectivity index (χ2v) is 5.45. The Kier molecular flexibility index (Phi) is 3.96. The lowest BCUT2D eigenvalue weighted by Crippen LogP contribution is -2.36. The Bertz CT molecular complexity index is 177. The van der Waals surface area contributed by atoms with E-state index >= 15 is 0 Å². The molecule has 1 saturated heterocycles. The minimum absolute atomic E-state index is 0.0474. The fourth-order valence-electron chi connectivity index (χ4n) is 2.25. The van der Waals surface area contributed by atoms with Crippen LogP contribution in [0, 0.1) is 11.8 Å². The van der Waals surface area contributed by atoms with Crippen LogP contribution in [0.1, 0.15) is 34.1 Å². The first-order valence-corrected chi connectivity index (χ1v) is 5.73. The maximum atomic E-state index is 5.55. The Morgan fingerprint density at radius 1 is 1.43 bits per heavy atom. The van der Waals surface area contributed by atoms with Crippen molar-refractivity contribution in [2.24, 2.45) is 11.8 Å². The van der Waals surface area contributed by atoms with Crippen molar-refractivity contribution in [1.29, 1.82) is 0 Å². The van der Waals surface area contributed by atoms with Crippen molar-refractivity contribution >= 4 is 0 Å². The second-order valence-electron chi connectivity index (χ2n) is 5.45. The van der Waals surface area contributed by atoms with E-state index in [1.54, 1.807) is 0 Å². The third-order valence-electron chi connectivity index (χ3n) is 3.40. The van der Waals surface area contributed by atoms with E-state index in [1.807, 2.05) is 7.11 Å². The van der Waals surface area contributed by atoms with E-state index in [4.69, 9.17) is 4.74 Å². The molecule has 2 heteroatoms. The Labute approximate surface area is 88.6 Å². The van der Waals surface area contributed by atoms with E-state index in [1.165, 1.54) is 26.1 Å². The van der Waals surface area contributed by atoms with Gasteiger partial charge in [-0.05, 0) is 32.7 Å². The van der Waals surface area contributed by atoms with Gasteiger partial charge in [0.2, 0.25) is 0 Å². The van der Waals surface area contributed by atoms with Gasteiger partial charge in [-0.2, -0.15) is 0 Å². The fourth-order valence-corrected chi connectivity index (χ4v) is 2.25. The Morgan fingerprint density at radius 2 is 2.07 bits per heavy atom. The smallest absolute Gasteiger partial charge is 0.0663 e. The summed E-state index contributed by atoms with van der Waals surface area (Å²) in [6.07, 6.45) is 1.29. The predicted octanol–water partition coefficient (Wildman–Crippen LogP) is 2.39. The van der Waals surface area contributed by atoms with Gasteiger partial charge in [-0.1, -0.05) is 13.8 Å². The zero-order chi connectivity index (χ0) is 10.8. The molecule has 0 saturated carbocycles. The van der Waals surface area contributed by atoms with Gasteiger partial charge in [-0.15, -0.1) is 0 Å². The molecule has 84 valence electrons. The summed E-state index contributed by atoms with van der Waals surface area (Å²) in [5.41, 5.74) is 0.0474. The SMILES string of the molecule is COC(C)(C)C1CCN(CC(C)C)C1. The molecule has 1 fully saturated rings. The third-order valence-corrected chi connectivity index (χ3v) is 3.40. The van der Waals surface area contributed by atoms with Gasteiger partial charge < -0.3 is 9.64 Å². The van der Waals surface area contributed by atoms with Crippen LogP contribution in [0.4, 0.5) is 0 Å². The van der Waals surface area contributed by atoms with Crippen molar-refractivity contribution in [1.82, 2.24) is 4.90 Å². The van der Waals surface area contributed by atoms with Crippen molar-refractivity contribution < 1.29 is 4.74 Å². The normalized spacial score (nSPS) is 24.9. The van der Waals surface area contributed by atoms with Gasteiger partial charge in [0.1, 0.15) is 0 Å².